The molecule has 1 aromatic rings. The summed E-state index contributed by atoms with van der Waals surface area (Å²) in [4.78, 5) is 1.10. The van der Waals surface area contributed by atoms with Crippen LogP contribution in [0, 0.1) is 6.92 Å². The molecule has 1 rings (SSSR count). The monoisotopic (exact) mass is 258 g/mol. The zero-order valence-corrected chi connectivity index (χ0v) is 9.16. The summed E-state index contributed by atoms with van der Waals surface area (Å²) in [6.45, 7) is 1.97. The fourth-order valence-electron chi connectivity index (χ4n) is 0.611. The summed E-state index contributed by atoms with van der Waals surface area (Å²) in [5.74, 6) is 0.527. The van der Waals surface area contributed by atoms with Gasteiger partial charge in [0.25, 0.3) is 0 Å². The molecule has 0 unspecified atom stereocenters. The summed E-state index contributed by atoms with van der Waals surface area (Å²) in [6, 6.07) is 0. The molecule has 0 amide bonds. The quantitative estimate of drug-likeness (QED) is 0.663. The third-order valence-electron chi connectivity index (χ3n) is 1.20. The highest BCUT2D eigenvalue weighted by atomic mass is 79.9. The van der Waals surface area contributed by atoms with Crippen LogP contribution in [0.1, 0.15) is 10.4 Å². The van der Waals surface area contributed by atoms with E-state index < -0.39 is 0 Å². The topological polar surface area (TPSA) is 0 Å². The predicted octanol–water partition coefficient (Wildman–Crippen LogP) is 4.21. The molecule has 1 aromatic heterocycles. The lowest BCUT2D eigenvalue weighted by Crippen LogP contribution is -1.70. The molecule has 4 heteroatoms. The number of thiophene rings is 1. The Hall–Kier alpha value is 0.760. The number of alkyl halides is 1. The van der Waals surface area contributed by atoms with Gasteiger partial charge in [-0.2, -0.15) is 0 Å². The Morgan fingerprint density at radius 3 is 2.40 bits per heavy atom. The van der Waals surface area contributed by atoms with E-state index in [0.717, 1.165) is 19.2 Å². The SMILES string of the molecule is Cc1c(Cl)sc(CCl)c1Br. The minimum absolute atomic E-state index is 0.527. The molecule has 0 saturated carbocycles. The first-order valence-corrected chi connectivity index (χ1v) is 5.18. The van der Waals surface area contributed by atoms with Gasteiger partial charge in [-0.15, -0.1) is 22.9 Å². The lowest BCUT2D eigenvalue weighted by atomic mass is 10.3. The van der Waals surface area contributed by atoms with E-state index in [1.165, 1.54) is 11.3 Å². The molecule has 0 aromatic carbocycles. The molecule has 0 bridgehead atoms. The van der Waals surface area contributed by atoms with E-state index in [1.807, 2.05) is 6.92 Å². The van der Waals surface area contributed by atoms with Crippen LogP contribution in [0.5, 0.6) is 0 Å². The summed E-state index contributed by atoms with van der Waals surface area (Å²) in [5.41, 5.74) is 1.09. The van der Waals surface area contributed by atoms with Gasteiger partial charge in [0.1, 0.15) is 0 Å². The third-order valence-corrected chi connectivity index (χ3v) is 4.56. The average Bonchev–Trinajstić information content (AvgIpc) is 2.17. The van der Waals surface area contributed by atoms with Gasteiger partial charge >= 0.3 is 0 Å². The first-order valence-electron chi connectivity index (χ1n) is 2.66. The molecule has 0 aliphatic heterocycles. The van der Waals surface area contributed by atoms with E-state index in [1.54, 1.807) is 0 Å². The summed E-state index contributed by atoms with van der Waals surface area (Å²) in [7, 11) is 0. The average molecular weight is 260 g/mol. The van der Waals surface area contributed by atoms with Gasteiger partial charge in [-0.25, -0.2) is 0 Å². The zero-order valence-electron chi connectivity index (χ0n) is 5.25. The van der Waals surface area contributed by atoms with Crippen LogP contribution in [-0.4, -0.2) is 0 Å². The zero-order chi connectivity index (χ0) is 7.72. The summed E-state index contributed by atoms with van der Waals surface area (Å²) in [5, 5.41) is 0. The molecule has 0 spiro atoms. The van der Waals surface area contributed by atoms with Gasteiger partial charge in [-0.1, -0.05) is 11.6 Å². The van der Waals surface area contributed by atoms with Crippen LogP contribution in [-0.2, 0) is 5.88 Å². The summed E-state index contributed by atoms with van der Waals surface area (Å²) < 4.78 is 1.88. The molecule has 0 nitrogen and oxygen atoms in total. The van der Waals surface area contributed by atoms with Crippen LogP contribution in [0.4, 0.5) is 0 Å². The molecule has 0 atom stereocenters. The van der Waals surface area contributed by atoms with Gasteiger partial charge < -0.3 is 0 Å². The van der Waals surface area contributed by atoms with Crippen molar-refractivity contribution in [1.29, 1.82) is 0 Å². The van der Waals surface area contributed by atoms with E-state index in [-0.39, 0.29) is 0 Å². The second-order valence-electron chi connectivity index (χ2n) is 1.87. The third kappa shape index (κ3) is 1.50. The lowest BCUT2D eigenvalue weighted by Gasteiger charge is -1.88. The second kappa shape index (κ2) is 3.44. The Balaban J connectivity index is 3.17. The van der Waals surface area contributed by atoms with Crippen molar-refractivity contribution in [2.24, 2.45) is 0 Å². The standard InChI is InChI=1S/C6H5BrCl2S/c1-3-5(7)4(2-8)10-6(3)9/h2H2,1H3. The Bertz CT molecular complexity index is 244. The van der Waals surface area contributed by atoms with Crippen molar-refractivity contribution in [1.82, 2.24) is 0 Å². The highest BCUT2D eigenvalue weighted by molar-refractivity contribution is 9.10. The summed E-state index contributed by atoms with van der Waals surface area (Å²) in [6.07, 6.45) is 0. The van der Waals surface area contributed by atoms with Crippen molar-refractivity contribution in [2.75, 3.05) is 0 Å². The van der Waals surface area contributed by atoms with Gasteiger partial charge in [0.15, 0.2) is 0 Å². The maximum atomic E-state index is 5.84. The van der Waals surface area contributed by atoms with Gasteiger partial charge in [-0.3, -0.25) is 0 Å². The number of rotatable bonds is 1. The van der Waals surface area contributed by atoms with Gasteiger partial charge in [-0.05, 0) is 28.4 Å². The van der Waals surface area contributed by atoms with Crippen LogP contribution in [0.25, 0.3) is 0 Å². The van der Waals surface area contributed by atoms with Crippen LogP contribution in [0.3, 0.4) is 0 Å². The van der Waals surface area contributed by atoms with E-state index in [9.17, 15) is 0 Å². The van der Waals surface area contributed by atoms with Crippen LogP contribution in [0.2, 0.25) is 4.34 Å². The molecule has 0 saturated heterocycles. The van der Waals surface area contributed by atoms with Gasteiger partial charge in [0, 0.05) is 9.35 Å². The van der Waals surface area contributed by atoms with Crippen molar-refractivity contribution in [3.8, 4) is 0 Å². The Kier molecular flexibility index (Phi) is 3.04. The minimum Gasteiger partial charge on any atom is -0.126 e. The Morgan fingerprint density at radius 2 is 2.20 bits per heavy atom. The van der Waals surface area contributed by atoms with E-state index >= 15 is 0 Å². The molecule has 0 aliphatic carbocycles. The molecule has 0 N–H and O–H groups in total. The molecular weight excluding hydrogens is 255 g/mol. The molecule has 0 fully saturated rings. The predicted molar refractivity (Wildman–Crippen MR) is 51.3 cm³/mol. The normalized spacial score (nSPS) is 10.4. The van der Waals surface area contributed by atoms with E-state index in [2.05, 4.69) is 15.9 Å². The Morgan fingerprint density at radius 1 is 1.60 bits per heavy atom. The first kappa shape index (κ1) is 8.85. The number of hydrogen-bond acceptors (Lipinski definition) is 1. The largest absolute Gasteiger partial charge is 0.126 e. The maximum absolute atomic E-state index is 5.84. The van der Waals surface area contributed by atoms with Gasteiger partial charge in [0.05, 0.1) is 10.2 Å². The van der Waals surface area contributed by atoms with Crippen molar-refractivity contribution in [3.63, 3.8) is 0 Å². The molecule has 0 aliphatic rings. The highest BCUT2D eigenvalue weighted by Gasteiger charge is 2.09. The number of halogens is 3. The molecule has 56 valence electrons. The van der Waals surface area contributed by atoms with Crippen molar-refractivity contribution >= 4 is 50.5 Å². The Labute approximate surface area is 82.3 Å². The van der Waals surface area contributed by atoms with Crippen molar-refractivity contribution < 1.29 is 0 Å². The summed E-state index contributed by atoms with van der Waals surface area (Å²) >= 11 is 16.4. The minimum atomic E-state index is 0.527. The van der Waals surface area contributed by atoms with Crippen LogP contribution >= 0.6 is 50.5 Å². The highest BCUT2D eigenvalue weighted by Crippen LogP contribution is 2.36. The molecule has 10 heavy (non-hydrogen) atoms. The second-order valence-corrected chi connectivity index (χ2v) is 4.64. The van der Waals surface area contributed by atoms with E-state index in [4.69, 9.17) is 23.2 Å². The first-order chi connectivity index (χ1) is 4.66. The molecule has 0 radical (unpaired) electrons. The van der Waals surface area contributed by atoms with Gasteiger partial charge in [0.2, 0.25) is 0 Å². The van der Waals surface area contributed by atoms with Crippen molar-refractivity contribution in [2.45, 2.75) is 12.8 Å². The van der Waals surface area contributed by atoms with E-state index in [0.29, 0.717) is 5.88 Å². The van der Waals surface area contributed by atoms with Crippen LogP contribution in [0.15, 0.2) is 4.47 Å². The van der Waals surface area contributed by atoms with Crippen molar-refractivity contribution in [3.05, 3.63) is 19.2 Å². The molecular formula is C6H5BrCl2S. The fraction of sp³-hybridized carbons (Fsp3) is 0.333. The fourth-order valence-corrected chi connectivity index (χ4v) is 3.04. The maximum Gasteiger partial charge on any atom is 0.0972 e. The van der Waals surface area contributed by atoms with Crippen LogP contribution < -0.4 is 0 Å². The number of hydrogen-bond donors (Lipinski definition) is 0. The lowest BCUT2D eigenvalue weighted by molar-refractivity contribution is 1.42. The smallest absolute Gasteiger partial charge is 0.0972 e. The molecule has 1 heterocycles.